The largest absolute Gasteiger partial charge is 0.464 e. The second-order valence-corrected chi connectivity index (χ2v) is 11.8. The van der Waals surface area contributed by atoms with E-state index < -0.39 is 10.0 Å². The highest BCUT2D eigenvalue weighted by Crippen LogP contribution is 2.30. The van der Waals surface area contributed by atoms with E-state index in [9.17, 15) is 13.2 Å². The van der Waals surface area contributed by atoms with Crippen molar-refractivity contribution in [3.63, 3.8) is 0 Å². The van der Waals surface area contributed by atoms with E-state index in [0.717, 1.165) is 35.8 Å². The summed E-state index contributed by atoms with van der Waals surface area (Å²) in [5, 5.41) is 3.81. The highest BCUT2D eigenvalue weighted by atomic mass is 32.2. The number of rotatable bonds is 5. The number of amides is 1. The Labute approximate surface area is 196 Å². The molecule has 1 fully saturated rings. The van der Waals surface area contributed by atoms with E-state index in [4.69, 9.17) is 4.42 Å². The number of anilines is 1. The van der Waals surface area contributed by atoms with Gasteiger partial charge in [0.25, 0.3) is 0 Å². The Morgan fingerprint density at radius 1 is 1.12 bits per heavy atom. The number of hydrogen-bond donors (Lipinski definition) is 1. The number of benzene rings is 2. The van der Waals surface area contributed by atoms with Crippen LogP contribution in [-0.2, 0) is 26.7 Å². The number of fused-ring (bicyclic) bond motifs is 1. The number of sulfonamides is 1. The molecule has 176 valence electrons. The van der Waals surface area contributed by atoms with Gasteiger partial charge in [0.15, 0.2) is 0 Å². The average molecular weight is 469 g/mol. The minimum absolute atomic E-state index is 0.000931. The first-order valence-electron chi connectivity index (χ1n) is 11.5. The van der Waals surface area contributed by atoms with Crippen LogP contribution in [0, 0.1) is 0 Å². The lowest BCUT2D eigenvalue weighted by molar-refractivity contribution is -0.115. The lowest BCUT2D eigenvalue weighted by Crippen LogP contribution is -2.41. The summed E-state index contributed by atoms with van der Waals surface area (Å²) in [6.45, 7) is 8.95. The molecule has 1 atom stereocenters. The Hall–Kier alpha value is -2.64. The van der Waals surface area contributed by atoms with Gasteiger partial charge in [-0.25, -0.2) is 8.42 Å². The zero-order chi connectivity index (χ0) is 23.8. The van der Waals surface area contributed by atoms with E-state index >= 15 is 0 Å². The van der Waals surface area contributed by atoms with Crippen molar-refractivity contribution in [2.45, 2.75) is 69.7 Å². The molecule has 1 aliphatic heterocycles. The predicted octanol–water partition coefficient (Wildman–Crippen LogP) is 5.47. The monoisotopic (exact) mass is 468 g/mol. The molecule has 1 saturated heterocycles. The second-order valence-electron chi connectivity index (χ2n) is 9.93. The third-order valence-corrected chi connectivity index (χ3v) is 8.39. The lowest BCUT2D eigenvalue weighted by atomic mass is 9.86. The highest BCUT2D eigenvalue weighted by Gasteiger charge is 2.30. The molecule has 1 aliphatic rings. The number of piperidine rings is 1. The average Bonchev–Trinajstić information content (AvgIpc) is 3.15. The van der Waals surface area contributed by atoms with Crippen LogP contribution in [0.1, 0.15) is 58.1 Å². The van der Waals surface area contributed by atoms with Gasteiger partial charge in [-0.05, 0) is 67.1 Å². The number of hydrogen-bond acceptors (Lipinski definition) is 4. The molecule has 2 aromatic carbocycles. The van der Waals surface area contributed by atoms with Gasteiger partial charge in [-0.1, -0.05) is 33.3 Å². The van der Waals surface area contributed by atoms with Crippen LogP contribution in [0.5, 0.6) is 0 Å². The van der Waals surface area contributed by atoms with E-state index in [1.165, 1.54) is 5.56 Å². The summed E-state index contributed by atoms with van der Waals surface area (Å²) in [4.78, 5) is 13.0. The molecule has 2 heterocycles. The Balaban J connectivity index is 1.46. The van der Waals surface area contributed by atoms with Crippen LogP contribution in [0.2, 0.25) is 0 Å². The minimum Gasteiger partial charge on any atom is -0.464 e. The van der Waals surface area contributed by atoms with Crippen LogP contribution in [0.25, 0.3) is 11.0 Å². The number of nitrogens with zero attached hydrogens (tertiary/aromatic N) is 1. The maximum atomic E-state index is 13.0. The van der Waals surface area contributed by atoms with Crippen LogP contribution in [0.15, 0.2) is 58.0 Å². The van der Waals surface area contributed by atoms with Gasteiger partial charge in [0.05, 0.1) is 17.6 Å². The zero-order valence-corrected chi connectivity index (χ0v) is 20.5. The molecule has 0 spiro atoms. The van der Waals surface area contributed by atoms with Crippen LogP contribution in [-0.4, -0.2) is 31.2 Å². The molecular weight excluding hydrogens is 436 g/mol. The van der Waals surface area contributed by atoms with Crippen molar-refractivity contribution in [3.8, 4) is 0 Å². The van der Waals surface area contributed by atoms with Gasteiger partial charge < -0.3 is 9.73 Å². The summed E-state index contributed by atoms with van der Waals surface area (Å²) in [7, 11) is -3.53. The molecule has 0 aliphatic carbocycles. The van der Waals surface area contributed by atoms with Gasteiger partial charge in [-0.2, -0.15) is 4.31 Å². The Morgan fingerprint density at radius 3 is 2.52 bits per heavy atom. The Morgan fingerprint density at radius 2 is 1.85 bits per heavy atom. The maximum Gasteiger partial charge on any atom is 0.243 e. The van der Waals surface area contributed by atoms with Gasteiger partial charge in [-0.3, -0.25) is 4.79 Å². The fraction of sp³-hybridized carbons (Fsp3) is 0.423. The normalized spacial score (nSPS) is 17.9. The third-order valence-electron chi connectivity index (χ3n) is 6.36. The van der Waals surface area contributed by atoms with Crippen LogP contribution in [0.4, 0.5) is 5.69 Å². The van der Waals surface area contributed by atoms with Crippen LogP contribution in [0.3, 0.4) is 0 Å². The molecule has 33 heavy (non-hydrogen) atoms. The molecule has 1 amide bonds. The first-order valence-corrected chi connectivity index (χ1v) is 12.9. The first-order chi connectivity index (χ1) is 15.6. The topological polar surface area (TPSA) is 79.6 Å². The summed E-state index contributed by atoms with van der Waals surface area (Å²) in [5.41, 5.74) is 3.32. The van der Waals surface area contributed by atoms with E-state index in [-0.39, 0.29) is 28.7 Å². The van der Waals surface area contributed by atoms with E-state index in [0.29, 0.717) is 12.2 Å². The minimum atomic E-state index is -3.53. The first kappa shape index (κ1) is 23.5. The molecule has 3 aromatic rings. The van der Waals surface area contributed by atoms with E-state index in [1.807, 2.05) is 13.0 Å². The summed E-state index contributed by atoms with van der Waals surface area (Å²) >= 11 is 0. The Bertz CT molecular complexity index is 1250. The van der Waals surface area contributed by atoms with Gasteiger partial charge in [0.1, 0.15) is 5.58 Å². The van der Waals surface area contributed by atoms with Crippen molar-refractivity contribution in [2.75, 3.05) is 11.9 Å². The van der Waals surface area contributed by atoms with Crippen molar-refractivity contribution >= 4 is 32.6 Å². The van der Waals surface area contributed by atoms with Gasteiger partial charge in [0, 0.05) is 29.2 Å². The summed E-state index contributed by atoms with van der Waals surface area (Å²) in [6.07, 6.45) is 4.63. The summed E-state index contributed by atoms with van der Waals surface area (Å²) < 4.78 is 33.2. The van der Waals surface area contributed by atoms with Crippen LogP contribution >= 0.6 is 0 Å². The number of carbonyl (C=O) groups excluding carboxylic acids is 1. The number of nitrogens with one attached hydrogen (secondary N) is 1. The lowest BCUT2D eigenvalue weighted by Gasteiger charge is -2.32. The number of carbonyl (C=O) groups is 1. The second kappa shape index (κ2) is 8.95. The molecule has 1 N–H and O–H groups in total. The molecule has 0 bridgehead atoms. The zero-order valence-electron chi connectivity index (χ0n) is 19.7. The molecule has 0 radical (unpaired) electrons. The summed E-state index contributed by atoms with van der Waals surface area (Å²) in [6, 6.07) is 12.5. The molecule has 4 rings (SSSR count). The van der Waals surface area contributed by atoms with E-state index in [2.05, 4.69) is 38.2 Å². The fourth-order valence-electron chi connectivity index (χ4n) is 4.34. The molecule has 0 saturated carbocycles. The summed E-state index contributed by atoms with van der Waals surface area (Å²) in [5.74, 6) is -0.181. The maximum absolute atomic E-state index is 13.0. The molecule has 1 unspecified atom stereocenters. The predicted molar refractivity (Wildman–Crippen MR) is 131 cm³/mol. The van der Waals surface area contributed by atoms with Gasteiger partial charge >= 0.3 is 0 Å². The molecule has 7 heteroatoms. The van der Waals surface area contributed by atoms with Crippen molar-refractivity contribution in [3.05, 3.63) is 59.9 Å². The van der Waals surface area contributed by atoms with Crippen molar-refractivity contribution < 1.29 is 17.6 Å². The third kappa shape index (κ3) is 4.99. The van der Waals surface area contributed by atoms with Crippen molar-refractivity contribution in [1.82, 2.24) is 4.31 Å². The quantitative estimate of drug-likeness (QED) is 0.538. The SMILES string of the molecule is CC1CCCCN1S(=O)(=O)c1ccc(NC(=O)Cc2coc3ccc(C(C)(C)C)cc23)cc1. The smallest absolute Gasteiger partial charge is 0.243 e. The molecule has 6 nitrogen and oxygen atoms in total. The fourth-order valence-corrected chi connectivity index (χ4v) is 6.04. The number of furan rings is 1. The van der Waals surface area contributed by atoms with E-state index in [1.54, 1.807) is 34.8 Å². The highest BCUT2D eigenvalue weighted by molar-refractivity contribution is 7.89. The van der Waals surface area contributed by atoms with Gasteiger partial charge in [0.2, 0.25) is 15.9 Å². The van der Waals surface area contributed by atoms with Gasteiger partial charge in [-0.15, -0.1) is 0 Å². The standard InChI is InChI=1S/C26H32N2O4S/c1-18-7-5-6-14-28(18)33(30,31)22-11-9-21(10-12-22)27-25(29)15-19-17-32-24-13-8-20(16-23(19)24)26(2,3)4/h8-13,16-18H,5-7,14-15H2,1-4H3,(H,27,29). The molecule has 1 aromatic heterocycles. The van der Waals surface area contributed by atoms with Crippen molar-refractivity contribution in [2.24, 2.45) is 0 Å². The molecular formula is C26H32N2O4S. The van der Waals surface area contributed by atoms with Crippen molar-refractivity contribution in [1.29, 1.82) is 0 Å². The van der Waals surface area contributed by atoms with Crippen LogP contribution < -0.4 is 5.32 Å². The Kier molecular flexibility index (Phi) is 6.38.